The number of hydrogen-bond donors (Lipinski definition) is 1. The third-order valence-electron chi connectivity index (χ3n) is 5.97. The zero-order valence-corrected chi connectivity index (χ0v) is 19.0. The molecule has 1 aromatic carbocycles. The van der Waals surface area contributed by atoms with E-state index in [4.69, 9.17) is 0 Å². The van der Waals surface area contributed by atoms with Gasteiger partial charge in [-0.25, -0.2) is 0 Å². The first-order valence-corrected chi connectivity index (χ1v) is 11.9. The fourth-order valence-corrected chi connectivity index (χ4v) is 4.69. The zero-order chi connectivity index (χ0) is 23.4. The number of nitrogens with one attached hydrogen (secondary N) is 1. The maximum atomic E-state index is 13.1. The van der Waals surface area contributed by atoms with E-state index >= 15 is 0 Å². The summed E-state index contributed by atoms with van der Waals surface area (Å²) >= 11 is 1.65. The molecular weight excluding hydrogens is 453 g/mol. The molecule has 1 aliphatic heterocycles. The van der Waals surface area contributed by atoms with Gasteiger partial charge in [-0.05, 0) is 47.4 Å². The molecule has 178 valence electrons. The summed E-state index contributed by atoms with van der Waals surface area (Å²) in [5.74, 6) is -0.414. The summed E-state index contributed by atoms with van der Waals surface area (Å²) < 4.78 is 39.4. The monoisotopic (exact) mass is 480 g/mol. The topological polar surface area (TPSA) is 55.9 Å². The van der Waals surface area contributed by atoms with Crippen LogP contribution in [0.1, 0.15) is 24.0 Å². The lowest BCUT2D eigenvalue weighted by Crippen LogP contribution is -2.52. The van der Waals surface area contributed by atoms with E-state index in [0.29, 0.717) is 38.8 Å². The van der Waals surface area contributed by atoms with Crippen molar-refractivity contribution >= 4 is 28.8 Å². The number of carbonyl (C=O) groups excluding carboxylic acids is 2. The Balaban J connectivity index is 1.24. The van der Waals surface area contributed by atoms with Crippen LogP contribution in [0, 0.1) is 0 Å². The number of halogens is 3. The van der Waals surface area contributed by atoms with Crippen molar-refractivity contribution in [2.24, 2.45) is 0 Å². The summed E-state index contributed by atoms with van der Waals surface area (Å²) in [6.07, 6.45) is -2.29. The quantitative estimate of drug-likeness (QED) is 0.628. The maximum absolute atomic E-state index is 13.1. The number of rotatable bonds is 8. The Hall–Kier alpha value is -2.43. The minimum Gasteiger partial charge on any atom is -0.339 e. The van der Waals surface area contributed by atoms with Gasteiger partial charge in [0.2, 0.25) is 11.8 Å². The summed E-state index contributed by atoms with van der Waals surface area (Å²) in [5, 5.41) is 6.53. The molecule has 1 saturated heterocycles. The highest BCUT2D eigenvalue weighted by Gasteiger charge is 2.34. The molecule has 0 radical (unpaired) electrons. The lowest BCUT2D eigenvalue weighted by molar-refractivity contribution is -0.137. The van der Waals surface area contributed by atoms with Gasteiger partial charge in [-0.3, -0.25) is 19.4 Å². The highest BCUT2D eigenvalue weighted by molar-refractivity contribution is 7.07. The van der Waals surface area contributed by atoms with Crippen molar-refractivity contribution in [3.63, 3.8) is 0 Å². The molecule has 0 unspecified atom stereocenters. The molecule has 1 saturated carbocycles. The first kappa shape index (κ1) is 23.7. The molecule has 2 amide bonds. The van der Waals surface area contributed by atoms with Gasteiger partial charge in [-0.1, -0.05) is 12.1 Å². The first-order chi connectivity index (χ1) is 15.8. The summed E-state index contributed by atoms with van der Waals surface area (Å²) in [4.78, 5) is 31.1. The maximum Gasteiger partial charge on any atom is 0.418 e. The second-order valence-corrected chi connectivity index (χ2v) is 9.30. The van der Waals surface area contributed by atoms with E-state index in [1.165, 1.54) is 23.8 Å². The zero-order valence-electron chi connectivity index (χ0n) is 18.2. The molecule has 1 aliphatic carbocycles. The molecule has 10 heteroatoms. The Morgan fingerprint density at radius 3 is 2.45 bits per heavy atom. The van der Waals surface area contributed by atoms with Crippen LogP contribution < -0.4 is 5.32 Å². The lowest BCUT2D eigenvalue weighted by Gasteiger charge is -2.35. The van der Waals surface area contributed by atoms with Crippen LogP contribution in [0.4, 0.5) is 18.9 Å². The van der Waals surface area contributed by atoms with Crippen LogP contribution in [0.2, 0.25) is 0 Å². The summed E-state index contributed by atoms with van der Waals surface area (Å²) in [6, 6.07) is 7.50. The molecule has 2 aromatic rings. The number of nitrogens with zero attached hydrogens (tertiary/aromatic N) is 3. The number of para-hydroxylation sites is 1. The van der Waals surface area contributed by atoms with Gasteiger partial charge in [0.05, 0.1) is 24.3 Å². The number of anilines is 1. The molecule has 2 fully saturated rings. The molecule has 1 N–H and O–H groups in total. The van der Waals surface area contributed by atoms with Crippen LogP contribution >= 0.6 is 11.3 Å². The molecule has 6 nitrogen and oxygen atoms in total. The first-order valence-electron chi connectivity index (χ1n) is 11.0. The number of alkyl halides is 3. The predicted octanol–water partition coefficient (Wildman–Crippen LogP) is 3.51. The molecule has 0 atom stereocenters. The summed E-state index contributed by atoms with van der Waals surface area (Å²) in [6.45, 7) is 3.17. The molecule has 1 aromatic heterocycles. The number of hydrogen-bond acceptors (Lipinski definition) is 5. The third-order valence-corrected chi connectivity index (χ3v) is 6.70. The van der Waals surface area contributed by atoms with Gasteiger partial charge >= 0.3 is 6.18 Å². The molecule has 2 heterocycles. The van der Waals surface area contributed by atoms with E-state index in [0.717, 1.165) is 25.5 Å². The SMILES string of the molecule is O=C(CN1CCN(C(=O)CN(Cc2ccsc2)C2CC2)CC1)Nc1ccccc1C(F)(F)F. The Labute approximate surface area is 195 Å². The number of piperazine rings is 1. The van der Waals surface area contributed by atoms with Gasteiger partial charge in [0.15, 0.2) is 0 Å². The average molecular weight is 481 g/mol. The smallest absolute Gasteiger partial charge is 0.339 e. The fraction of sp³-hybridized carbons (Fsp3) is 0.478. The van der Waals surface area contributed by atoms with Crippen LogP contribution in [0.25, 0.3) is 0 Å². The Bertz CT molecular complexity index is 955. The van der Waals surface area contributed by atoms with E-state index in [1.54, 1.807) is 11.3 Å². The molecule has 0 spiro atoms. The fourth-order valence-electron chi connectivity index (χ4n) is 4.03. The van der Waals surface area contributed by atoms with Gasteiger partial charge in [-0.2, -0.15) is 24.5 Å². The molecule has 4 rings (SSSR count). The van der Waals surface area contributed by atoms with E-state index < -0.39 is 17.6 Å². The van der Waals surface area contributed by atoms with Crippen LogP contribution in [0.5, 0.6) is 0 Å². The van der Waals surface area contributed by atoms with E-state index in [1.807, 2.05) is 15.2 Å². The van der Waals surface area contributed by atoms with Gasteiger partial charge in [-0.15, -0.1) is 0 Å². The molecule has 2 aliphatic rings. The number of thiophene rings is 1. The van der Waals surface area contributed by atoms with E-state index in [9.17, 15) is 22.8 Å². The van der Waals surface area contributed by atoms with Crippen molar-refractivity contribution in [3.8, 4) is 0 Å². The van der Waals surface area contributed by atoms with Crippen LogP contribution in [0.15, 0.2) is 41.1 Å². The van der Waals surface area contributed by atoms with Crippen molar-refractivity contribution in [1.82, 2.24) is 14.7 Å². The third kappa shape index (κ3) is 6.55. The Kier molecular flexibility index (Phi) is 7.35. The van der Waals surface area contributed by atoms with Crippen molar-refractivity contribution in [2.45, 2.75) is 31.6 Å². The molecule has 0 bridgehead atoms. The highest BCUT2D eigenvalue weighted by atomic mass is 32.1. The normalized spacial score (nSPS) is 17.4. The van der Waals surface area contributed by atoms with Crippen molar-refractivity contribution < 1.29 is 22.8 Å². The van der Waals surface area contributed by atoms with Crippen LogP contribution in [-0.4, -0.2) is 71.8 Å². The number of carbonyl (C=O) groups is 2. The standard InChI is InChI=1S/C23H27F3N4O2S/c24-23(25,26)19-3-1-2-4-20(19)27-21(31)14-28-8-10-29(11-9-28)22(32)15-30(18-5-6-18)13-17-7-12-33-16-17/h1-4,7,12,16,18H,5-6,8-11,13-15H2,(H,27,31). The second-order valence-electron chi connectivity index (χ2n) is 8.52. The van der Waals surface area contributed by atoms with E-state index in [2.05, 4.69) is 21.7 Å². The summed E-state index contributed by atoms with van der Waals surface area (Å²) in [7, 11) is 0. The van der Waals surface area contributed by atoms with Gasteiger partial charge in [0, 0.05) is 38.8 Å². The Morgan fingerprint density at radius 1 is 1.09 bits per heavy atom. The van der Waals surface area contributed by atoms with Crippen molar-refractivity contribution in [1.29, 1.82) is 0 Å². The largest absolute Gasteiger partial charge is 0.418 e. The van der Waals surface area contributed by atoms with Gasteiger partial charge in [0.1, 0.15) is 0 Å². The second kappa shape index (κ2) is 10.2. The van der Waals surface area contributed by atoms with Crippen molar-refractivity contribution in [3.05, 3.63) is 52.2 Å². The lowest BCUT2D eigenvalue weighted by atomic mass is 10.1. The number of benzene rings is 1. The van der Waals surface area contributed by atoms with Crippen LogP contribution in [-0.2, 0) is 22.3 Å². The van der Waals surface area contributed by atoms with Gasteiger partial charge < -0.3 is 10.2 Å². The van der Waals surface area contributed by atoms with Crippen molar-refractivity contribution in [2.75, 3.05) is 44.6 Å². The van der Waals surface area contributed by atoms with Gasteiger partial charge in [0.25, 0.3) is 0 Å². The summed E-state index contributed by atoms with van der Waals surface area (Å²) in [5.41, 5.74) is 0.119. The predicted molar refractivity (Wildman–Crippen MR) is 121 cm³/mol. The highest BCUT2D eigenvalue weighted by Crippen LogP contribution is 2.34. The average Bonchev–Trinajstić information content (AvgIpc) is 3.50. The minimum atomic E-state index is -4.53. The minimum absolute atomic E-state index is 0.0133. The van der Waals surface area contributed by atoms with Crippen LogP contribution in [0.3, 0.4) is 0 Å². The number of amides is 2. The molecule has 33 heavy (non-hydrogen) atoms. The Morgan fingerprint density at radius 2 is 1.82 bits per heavy atom. The molecular formula is C23H27F3N4O2S. The van der Waals surface area contributed by atoms with E-state index in [-0.39, 0.29) is 18.1 Å².